The van der Waals surface area contributed by atoms with E-state index < -0.39 is 0 Å². The van der Waals surface area contributed by atoms with Gasteiger partial charge in [-0.05, 0) is 25.2 Å². The number of nitrogens with zero attached hydrogens (tertiary/aromatic N) is 1. The molecule has 0 bridgehead atoms. The van der Waals surface area contributed by atoms with Gasteiger partial charge in [-0.15, -0.1) is 0 Å². The first kappa shape index (κ1) is 13.5. The molecule has 3 N–H and O–H groups in total. The summed E-state index contributed by atoms with van der Waals surface area (Å²) in [5, 5.41) is 8.73. The summed E-state index contributed by atoms with van der Waals surface area (Å²) in [6.07, 6.45) is 6.15. The Kier molecular flexibility index (Phi) is 5.77. The van der Waals surface area contributed by atoms with Crippen molar-refractivity contribution in [3.8, 4) is 0 Å². The summed E-state index contributed by atoms with van der Waals surface area (Å²) >= 11 is 0. The van der Waals surface area contributed by atoms with Crippen LogP contribution in [0.2, 0.25) is 0 Å². The fourth-order valence-electron chi connectivity index (χ4n) is 2.39. The number of aliphatic hydroxyl groups is 1. The maximum Gasteiger partial charge on any atom is 0.222 e. The number of aliphatic hydroxyl groups excluding tert-OH is 1. The Morgan fingerprint density at radius 2 is 2.25 bits per heavy atom. The number of nitrogens with two attached hydrogens (primary N) is 1. The SMILES string of the molecule is CN(CCO)C(=O)CCC1CCCC(N)C1. The van der Waals surface area contributed by atoms with Gasteiger partial charge in [0.25, 0.3) is 0 Å². The maximum absolute atomic E-state index is 11.6. The second kappa shape index (κ2) is 6.86. The predicted octanol–water partition coefficient (Wildman–Crippen LogP) is 0.735. The lowest BCUT2D eigenvalue weighted by molar-refractivity contribution is -0.130. The number of carbonyl (C=O) groups excluding carboxylic acids is 1. The van der Waals surface area contributed by atoms with Gasteiger partial charge in [0.15, 0.2) is 0 Å². The summed E-state index contributed by atoms with van der Waals surface area (Å²) in [4.78, 5) is 13.2. The van der Waals surface area contributed by atoms with Gasteiger partial charge in [0.1, 0.15) is 0 Å². The summed E-state index contributed by atoms with van der Waals surface area (Å²) in [5.74, 6) is 0.753. The molecule has 1 saturated carbocycles. The third-order valence-electron chi connectivity index (χ3n) is 3.45. The number of carbonyl (C=O) groups is 1. The van der Waals surface area contributed by atoms with Crippen LogP contribution in [-0.2, 0) is 4.79 Å². The normalized spacial score (nSPS) is 25.4. The van der Waals surface area contributed by atoms with Gasteiger partial charge in [0, 0.05) is 26.1 Å². The van der Waals surface area contributed by atoms with Crippen molar-refractivity contribution in [2.24, 2.45) is 11.7 Å². The number of rotatable bonds is 5. The van der Waals surface area contributed by atoms with Crippen molar-refractivity contribution in [2.45, 2.75) is 44.6 Å². The summed E-state index contributed by atoms with van der Waals surface area (Å²) in [7, 11) is 1.74. The molecule has 94 valence electrons. The molecule has 0 spiro atoms. The Morgan fingerprint density at radius 3 is 2.88 bits per heavy atom. The highest BCUT2D eigenvalue weighted by Crippen LogP contribution is 2.26. The van der Waals surface area contributed by atoms with E-state index in [0.29, 0.717) is 24.9 Å². The highest BCUT2D eigenvalue weighted by Gasteiger charge is 2.20. The molecule has 2 unspecified atom stereocenters. The number of hydrogen-bond acceptors (Lipinski definition) is 3. The monoisotopic (exact) mass is 228 g/mol. The molecular formula is C12H24N2O2. The van der Waals surface area contributed by atoms with Crippen LogP contribution in [-0.4, -0.2) is 42.2 Å². The molecule has 0 heterocycles. The van der Waals surface area contributed by atoms with E-state index in [0.717, 1.165) is 19.3 Å². The largest absolute Gasteiger partial charge is 0.395 e. The van der Waals surface area contributed by atoms with E-state index in [-0.39, 0.29) is 12.5 Å². The van der Waals surface area contributed by atoms with Gasteiger partial charge in [0.05, 0.1) is 6.61 Å². The third-order valence-corrected chi connectivity index (χ3v) is 3.45. The van der Waals surface area contributed by atoms with Crippen molar-refractivity contribution in [2.75, 3.05) is 20.2 Å². The molecule has 1 amide bonds. The smallest absolute Gasteiger partial charge is 0.222 e. The average Bonchev–Trinajstić information content (AvgIpc) is 2.26. The van der Waals surface area contributed by atoms with Crippen molar-refractivity contribution in [1.82, 2.24) is 4.90 Å². The van der Waals surface area contributed by atoms with Gasteiger partial charge < -0.3 is 15.7 Å². The zero-order valence-electron chi connectivity index (χ0n) is 10.2. The Morgan fingerprint density at radius 1 is 1.50 bits per heavy atom. The maximum atomic E-state index is 11.6. The van der Waals surface area contributed by atoms with Gasteiger partial charge in [-0.1, -0.05) is 12.8 Å². The molecule has 16 heavy (non-hydrogen) atoms. The zero-order chi connectivity index (χ0) is 12.0. The van der Waals surface area contributed by atoms with Crippen molar-refractivity contribution in [3.05, 3.63) is 0 Å². The molecule has 2 atom stereocenters. The topological polar surface area (TPSA) is 66.6 Å². The molecule has 0 aromatic rings. The minimum atomic E-state index is 0.0382. The second-order valence-electron chi connectivity index (χ2n) is 4.87. The van der Waals surface area contributed by atoms with Crippen LogP contribution in [0.5, 0.6) is 0 Å². The van der Waals surface area contributed by atoms with Gasteiger partial charge >= 0.3 is 0 Å². The molecule has 0 saturated heterocycles. The van der Waals surface area contributed by atoms with Crippen molar-refractivity contribution in [1.29, 1.82) is 0 Å². The fourth-order valence-corrected chi connectivity index (χ4v) is 2.39. The minimum Gasteiger partial charge on any atom is -0.395 e. The van der Waals surface area contributed by atoms with E-state index in [4.69, 9.17) is 10.8 Å². The standard InChI is InChI=1S/C12H24N2O2/c1-14(7-8-15)12(16)6-5-10-3-2-4-11(13)9-10/h10-11,15H,2-9,13H2,1H3. The van der Waals surface area contributed by atoms with Crippen LogP contribution in [0.15, 0.2) is 0 Å². The van der Waals surface area contributed by atoms with Gasteiger partial charge in [0.2, 0.25) is 5.91 Å². The molecule has 0 aliphatic heterocycles. The lowest BCUT2D eigenvalue weighted by Gasteiger charge is -2.27. The van der Waals surface area contributed by atoms with Crippen LogP contribution in [0, 0.1) is 5.92 Å². The summed E-state index contributed by atoms with van der Waals surface area (Å²) in [5.41, 5.74) is 5.91. The van der Waals surface area contributed by atoms with Crippen LogP contribution < -0.4 is 5.73 Å². The highest BCUT2D eigenvalue weighted by atomic mass is 16.3. The Hall–Kier alpha value is -0.610. The summed E-state index contributed by atoms with van der Waals surface area (Å²) < 4.78 is 0. The number of likely N-dealkylation sites (N-methyl/N-ethyl adjacent to an activating group) is 1. The third kappa shape index (κ3) is 4.49. The Balaban J connectivity index is 2.20. The van der Waals surface area contributed by atoms with E-state index in [2.05, 4.69) is 0 Å². The van der Waals surface area contributed by atoms with Crippen LogP contribution >= 0.6 is 0 Å². The first-order valence-corrected chi connectivity index (χ1v) is 6.24. The van der Waals surface area contributed by atoms with Crippen molar-refractivity contribution >= 4 is 5.91 Å². The first-order valence-electron chi connectivity index (χ1n) is 6.24. The van der Waals surface area contributed by atoms with E-state index in [1.54, 1.807) is 11.9 Å². The lowest BCUT2D eigenvalue weighted by Crippen LogP contribution is -2.31. The molecule has 0 radical (unpaired) electrons. The molecular weight excluding hydrogens is 204 g/mol. The zero-order valence-corrected chi connectivity index (χ0v) is 10.2. The summed E-state index contributed by atoms with van der Waals surface area (Å²) in [6.45, 7) is 0.472. The van der Waals surface area contributed by atoms with Crippen LogP contribution in [0.1, 0.15) is 38.5 Å². The van der Waals surface area contributed by atoms with Crippen molar-refractivity contribution in [3.63, 3.8) is 0 Å². The molecule has 1 aliphatic carbocycles. The number of hydrogen-bond donors (Lipinski definition) is 2. The first-order chi connectivity index (χ1) is 7.63. The molecule has 0 aromatic heterocycles. The van der Waals surface area contributed by atoms with Gasteiger partial charge in [-0.2, -0.15) is 0 Å². The van der Waals surface area contributed by atoms with Crippen molar-refractivity contribution < 1.29 is 9.90 Å². The van der Waals surface area contributed by atoms with Gasteiger partial charge in [-0.3, -0.25) is 4.79 Å². The van der Waals surface area contributed by atoms with Gasteiger partial charge in [-0.25, -0.2) is 0 Å². The summed E-state index contributed by atoms with van der Waals surface area (Å²) in [6, 6.07) is 0.337. The fraction of sp³-hybridized carbons (Fsp3) is 0.917. The average molecular weight is 228 g/mol. The highest BCUT2D eigenvalue weighted by molar-refractivity contribution is 5.75. The van der Waals surface area contributed by atoms with E-state index in [1.165, 1.54) is 12.8 Å². The van der Waals surface area contributed by atoms with Crippen LogP contribution in [0.25, 0.3) is 0 Å². The predicted molar refractivity (Wildman–Crippen MR) is 63.9 cm³/mol. The van der Waals surface area contributed by atoms with E-state index >= 15 is 0 Å². The van der Waals surface area contributed by atoms with Crippen LogP contribution in [0.4, 0.5) is 0 Å². The van der Waals surface area contributed by atoms with E-state index in [9.17, 15) is 4.79 Å². The Labute approximate surface area is 97.8 Å². The molecule has 4 nitrogen and oxygen atoms in total. The molecule has 0 aromatic carbocycles. The van der Waals surface area contributed by atoms with E-state index in [1.807, 2.05) is 0 Å². The van der Waals surface area contributed by atoms with Crippen LogP contribution in [0.3, 0.4) is 0 Å². The molecule has 4 heteroatoms. The minimum absolute atomic E-state index is 0.0382. The molecule has 1 rings (SSSR count). The molecule has 1 fully saturated rings. The second-order valence-corrected chi connectivity index (χ2v) is 4.87. The lowest BCUT2D eigenvalue weighted by atomic mass is 9.83. The molecule has 1 aliphatic rings. The quantitative estimate of drug-likeness (QED) is 0.729. The Bertz CT molecular complexity index is 221. The number of amides is 1.